The molecule has 4 heteroatoms. The van der Waals surface area contributed by atoms with Crippen LogP contribution in [0.5, 0.6) is 0 Å². The highest BCUT2D eigenvalue weighted by Gasteiger charge is 2.04. The van der Waals surface area contributed by atoms with Crippen LogP contribution in [0.1, 0.15) is 0 Å². The predicted molar refractivity (Wildman–Crippen MR) is 65.5 cm³/mol. The van der Waals surface area contributed by atoms with Crippen LogP contribution in [0.2, 0.25) is 5.02 Å². The lowest BCUT2D eigenvalue weighted by atomic mass is 10.2. The molecule has 0 spiro atoms. The van der Waals surface area contributed by atoms with E-state index in [0.717, 1.165) is 5.69 Å². The molecular weight excluding hydrogens is 227 g/mol. The van der Waals surface area contributed by atoms with E-state index in [4.69, 9.17) is 17.3 Å². The van der Waals surface area contributed by atoms with Gasteiger partial charge in [-0.3, -0.25) is 0 Å². The average molecular weight is 237 g/mol. The third kappa shape index (κ3) is 2.25. The normalized spacial score (nSPS) is 10.1. The first-order valence-corrected chi connectivity index (χ1v) is 5.11. The Morgan fingerprint density at radius 2 is 1.88 bits per heavy atom. The maximum atomic E-state index is 13.2. The Hall–Kier alpha value is -1.74. The molecule has 0 heterocycles. The molecule has 2 aromatic rings. The van der Waals surface area contributed by atoms with Gasteiger partial charge in [0.2, 0.25) is 0 Å². The van der Waals surface area contributed by atoms with Crippen molar-refractivity contribution in [2.45, 2.75) is 0 Å². The van der Waals surface area contributed by atoms with Gasteiger partial charge < -0.3 is 11.1 Å². The summed E-state index contributed by atoms with van der Waals surface area (Å²) in [6.45, 7) is 0. The number of para-hydroxylation sites is 1. The number of nitrogens with two attached hydrogens (primary N) is 1. The van der Waals surface area contributed by atoms with Gasteiger partial charge in [0, 0.05) is 10.7 Å². The van der Waals surface area contributed by atoms with Crippen molar-refractivity contribution in [1.29, 1.82) is 0 Å². The molecule has 0 amide bonds. The fraction of sp³-hybridized carbons (Fsp3) is 0. The molecule has 3 N–H and O–H groups in total. The number of anilines is 3. The molecule has 0 aliphatic carbocycles. The molecule has 0 aromatic heterocycles. The molecule has 2 nitrogen and oxygen atoms in total. The third-order valence-corrected chi connectivity index (χ3v) is 2.39. The van der Waals surface area contributed by atoms with Crippen molar-refractivity contribution in [1.82, 2.24) is 0 Å². The van der Waals surface area contributed by atoms with Crippen LogP contribution >= 0.6 is 11.6 Å². The molecular formula is C12H10ClFN2. The first kappa shape index (κ1) is 10.8. The Kier molecular flexibility index (Phi) is 2.97. The van der Waals surface area contributed by atoms with Gasteiger partial charge in [-0.2, -0.15) is 0 Å². The van der Waals surface area contributed by atoms with Gasteiger partial charge >= 0.3 is 0 Å². The zero-order valence-corrected chi connectivity index (χ0v) is 9.13. The van der Waals surface area contributed by atoms with Gasteiger partial charge in [-0.25, -0.2) is 4.39 Å². The standard InChI is InChI=1S/C12H10ClFN2/c13-8-3-1-4-9(7-8)16-11-6-2-5-10(14)12(11)15/h1-7,16H,15H2. The van der Waals surface area contributed by atoms with E-state index in [1.54, 1.807) is 30.3 Å². The maximum Gasteiger partial charge on any atom is 0.148 e. The Balaban J connectivity index is 2.31. The van der Waals surface area contributed by atoms with E-state index in [-0.39, 0.29) is 5.69 Å². The van der Waals surface area contributed by atoms with Gasteiger partial charge in [-0.15, -0.1) is 0 Å². The zero-order chi connectivity index (χ0) is 11.5. The van der Waals surface area contributed by atoms with E-state index in [9.17, 15) is 4.39 Å². The van der Waals surface area contributed by atoms with Gasteiger partial charge in [-0.05, 0) is 30.3 Å². The van der Waals surface area contributed by atoms with Gasteiger partial charge in [0.15, 0.2) is 0 Å². The number of nitrogens with one attached hydrogen (secondary N) is 1. The Morgan fingerprint density at radius 3 is 2.62 bits per heavy atom. The van der Waals surface area contributed by atoms with Crippen molar-refractivity contribution in [2.75, 3.05) is 11.1 Å². The van der Waals surface area contributed by atoms with E-state index in [2.05, 4.69) is 5.32 Å². The minimum atomic E-state index is -0.438. The lowest BCUT2D eigenvalue weighted by Gasteiger charge is -2.09. The molecule has 0 aliphatic rings. The first-order valence-electron chi connectivity index (χ1n) is 4.73. The summed E-state index contributed by atoms with van der Waals surface area (Å²) in [7, 11) is 0. The monoisotopic (exact) mass is 236 g/mol. The van der Waals surface area contributed by atoms with Crippen LogP contribution in [0.15, 0.2) is 42.5 Å². The minimum Gasteiger partial charge on any atom is -0.395 e. The molecule has 0 fully saturated rings. The second-order valence-electron chi connectivity index (χ2n) is 3.34. The van der Waals surface area contributed by atoms with Crippen molar-refractivity contribution in [3.63, 3.8) is 0 Å². The minimum absolute atomic E-state index is 0.0995. The number of hydrogen-bond donors (Lipinski definition) is 2. The molecule has 16 heavy (non-hydrogen) atoms. The summed E-state index contributed by atoms with van der Waals surface area (Å²) in [6, 6.07) is 11.8. The molecule has 0 atom stereocenters. The van der Waals surface area contributed by atoms with Crippen LogP contribution in [0.3, 0.4) is 0 Å². The molecule has 0 saturated carbocycles. The summed E-state index contributed by atoms with van der Waals surface area (Å²) < 4.78 is 13.2. The molecule has 2 rings (SSSR count). The highest BCUT2D eigenvalue weighted by atomic mass is 35.5. The molecule has 0 unspecified atom stereocenters. The molecule has 2 aromatic carbocycles. The maximum absolute atomic E-state index is 13.2. The molecule has 82 valence electrons. The van der Waals surface area contributed by atoms with Gasteiger partial charge in [0.05, 0.1) is 11.4 Å². The largest absolute Gasteiger partial charge is 0.395 e. The van der Waals surface area contributed by atoms with E-state index < -0.39 is 5.82 Å². The molecule has 0 radical (unpaired) electrons. The molecule has 0 saturated heterocycles. The van der Waals surface area contributed by atoms with Gasteiger partial charge in [0.25, 0.3) is 0 Å². The van der Waals surface area contributed by atoms with Crippen LogP contribution in [0, 0.1) is 5.82 Å². The Labute approximate surface area is 97.8 Å². The van der Waals surface area contributed by atoms with Crippen molar-refractivity contribution in [2.24, 2.45) is 0 Å². The number of nitrogen functional groups attached to an aromatic ring is 1. The smallest absolute Gasteiger partial charge is 0.148 e. The third-order valence-electron chi connectivity index (χ3n) is 2.16. The number of halogens is 2. The second kappa shape index (κ2) is 4.41. The average Bonchev–Trinajstić information content (AvgIpc) is 2.25. The Bertz CT molecular complexity index is 514. The summed E-state index contributed by atoms with van der Waals surface area (Å²) in [4.78, 5) is 0. The number of hydrogen-bond acceptors (Lipinski definition) is 2. The number of rotatable bonds is 2. The lowest BCUT2D eigenvalue weighted by Crippen LogP contribution is -1.98. The van der Waals surface area contributed by atoms with E-state index in [1.807, 2.05) is 6.07 Å². The van der Waals surface area contributed by atoms with Crippen molar-refractivity contribution >= 4 is 28.7 Å². The number of benzene rings is 2. The van der Waals surface area contributed by atoms with Crippen molar-refractivity contribution in [3.05, 3.63) is 53.3 Å². The van der Waals surface area contributed by atoms with Crippen LogP contribution in [-0.2, 0) is 0 Å². The van der Waals surface area contributed by atoms with Crippen LogP contribution in [0.25, 0.3) is 0 Å². The second-order valence-corrected chi connectivity index (χ2v) is 3.77. The van der Waals surface area contributed by atoms with Gasteiger partial charge in [-0.1, -0.05) is 23.7 Å². The van der Waals surface area contributed by atoms with Crippen molar-refractivity contribution < 1.29 is 4.39 Å². The van der Waals surface area contributed by atoms with Gasteiger partial charge in [0.1, 0.15) is 5.82 Å². The summed E-state index contributed by atoms with van der Waals surface area (Å²) in [5.41, 5.74) is 7.00. The highest BCUT2D eigenvalue weighted by Crippen LogP contribution is 2.26. The predicted octanol–water partition coefficient (Wildman–Crippen LogP) is 3.80. The Morgan fingerprint density at radius 1 is 1.12 bits per heavy atom. The fourth-order valence-corrected chi connectivity index (χ4v) is 1.56. The molecule has 0 bridgehead atoms. The lowest BCUT2D eigenvalue weighted by molar-refractivity contribution is 0.633. The topological polar surface area (TPSA) is 38.0 Å². The van der Waals surface area contributed by atoms with Crippen LogP contribution < -0.4 is 11.1 Å². The summed E-state index contributed by atoms with van der Waals surface area (Å²) in [6.07, 6.45) is 0. The summed E-state index contributed by atoms with van der Waals surface area (Å²) in [5.74, 6) is -0.438. The molecule has 0 aliphatic heterocycles. The first-order chi connectivity index (χ1) is 7.66. The SMILES string of the molecule is Nc1c(F)cccc1Nc1cccc(Cl)c1. The summed E-state index contributed by atoms with van der Waals surface area (Å²) in [5, 5.41) is 3.62. The van der Waals surface area contributed by atoms with E-state index in [1.165, 1.54) is 6.07 Å². The van der Waals surface area contributed by atoms with Crippen LogP contribution in [0.4, 0.5) is 21.5 Å². The zero-order valence-electron chi connectivity index (χ0n) is 8.37. The van der Waals surface area contributed by atoms with Crippen LogP contribution in [-0.4, -0.2) is 0 Å². The highest BCUT2D eigenvalue weighted by molar-refractivity contribution is 6.30. The van der Waals surface area contributed by atoms with E-state index >= 15 is 0 Å². The fourth-order valence-electron chi connectivity index (χ4n) is 1.37. The summed E-state index contributed by atoms with van der Waals surface area (Å²) >= 11 is 5.84. The quantitative estimate of drug-likeness (QED) is 0.779. The van der Waals surface area contributed by atoms with Crippen molar-refractivity contribution in [3.8, 4) is 0 Å². The van der Waals surface area contributed by atoms with E-state index in [0.29, 0.717) is 10.7 Å².